The lowest BCUT2D eigenvalue weighted by atomic mass is 9.82. The summed E-state index contributed by atoms with van der Waals surface area (Å²) in [6.45, 7) is 6.29. The number of fused-ring (bicyclic) bond motifs is 1. The van der Waals surface area contributed by atoms with E-state index in [2.05, 4.69) is 0 Å². The molecular weight excluding hydrogens is 176 g/mol. The van der Waals surface area contributed by atoms with Crippen molar-refractivity contribution in [1.82, 2.24) is 0 Å². The third-order valence-electron chi connectivity index (χ3n) is 2.58. The van der Waals surface area contributed by atoms with E-state index in [0.29, 0.717) is 6.61 Å². The van der Waals surface area contributed by atoms with Crippen LogP contribution in [0.5, 0.6) is 5.75 Å². The summed E-state index contributed by atoms with van der Waals surface area (Å²) in [4.78, 5) is 12.0. The highest BCUT2D eigenvalue weighted by Crippen LogP contribution is 2.34. The van der Waals surface area contributed by atoms with Crippen molar-refractivity contribution in [3.05, 3.63) is 29.3 Å². The van der Waals surface area contributed by atoms with Crippen LogP contribution in [0.4, 0.5) is 0 Å². The van der Waals surface area contributed by atoms with E-state index in [1.165, 1.54) is 0 Å². The zero-order valence-corrected chi connectivity index (χ0v) is 8.76. The van der Waals surface area contributed by atoms with Gasteiger partial charge in [-0.2, -0.15) is 0 Å². The first kappa shape index (κ1) is 9.25. The summed E-state index contributed by atoms with van der Waals surface area (Å²) in [7, 11) is 0. The summed E-state index contributed by atoms with van der Waals surface area (Å²) in [5, 5.41) is 0. The molecule has 0 saturated carbocycles. The second-order valence-corrected chi connectivity index (χ2v) is 4.50. The number of ketones is 1. The van der Waals surface area contributed by atoms with Crippen molar-refractivity contribution >= 4 is 5.78 Å². The first-order chi connectivity index (χ1) is 6.50. The second kappa shape index (κ2) is 2.84. The van der Waals surface area contributed by atoms with Crippen LogP contribution in [-0.4, -0.2) is 12.4 Å². The van der Waals surface area contributed by atoms with Gasteiger partial charge in [0.2, 0.25) is 0 Å². The minimum Gasteiger partial charge on any atom is -0.492 e. The van der Waals surface area contributed by atoms with Gasteiger partial charge in [0, 0.05) is 0 Å². The van der Waals surface area contributed by atoms with E-state index in [1.807, 2.05) is 39.0 Å². The maximum absolute atomic E-state index is 12.0. The molecule has 1 heterocycles. The smallest absolute Gasteiger partial charge is 0.175 e. The van der Waals surface area contributed by atoms with E-state index in [-0.39, 0.29) is 11.2 Å². The number of rotatable bonds is 0. The highest BCUT2D eigenvalue weighted by molar-refractivity contribution is 6.03. The number of hydrogen-bond donors (Lipinski definition) is 0. The van der Waals surface area contributed by atoms with Crippen molar-refractivity contribution in [1.29, 1.82) is 0 Å². The highest BCUT2D eigenvalue weighted by atomic mass is 16.5. The molecule has 0 amide bonds. The van der Waals surface area contributed by atoms with Crippen molar-refractivity contribution in [2.75, 3.05) is 6.61 Å². The molecule has 1 aliphatic heterocycles. The Labute approximate surface area is 83.9 Å². The third kappa shape index (κ3) is 1.31. The number of benzene rings is 1. The van der Waals surface area contributed by atoms with Gasteiger partial charge in [0.15, 0.2) is 5.78 Å². The molecule has 0 fully saturated rings. The van der Waals surface area contributed by atoms with Crippen molar-refractivity contribution in [3.8, 4) is 5.75 Å². The molecule has 0 bridgehead atoms. The minimum atomic E-state index is -0.388. The monoisotopic (exact) mass is 190 g/mol. The molecule has 74 valence electrons. The summed E-state index contributed by atoms with van der Waals surface area (Å²) in [5.74, 6) is 0.905. The minimum absolute atomic E-state index is 0.183. The number of Topliss-reactive ketones (excluding diaryl/α,β-unsaturated/α-hetero) is 1. The van der Waals surface area contributed by atoms with Gasteiger partial charge >= 0.3 is 0 Å². The summed E-state index contributed by atoms with van der Waals surface area (Å²) in [6.07, 6.45) is 0. The number of carbonyl (C=O) groups is 1. The lowest BCUT2D eigenvalue weighted by Crippen LogP contribution is -2.35. The Bertz CT molecular complexity index is 391. The Kier molecular flexibility index (Phi) is 1.88. The summed E-state index contributed by atoms with van der Waals surface area (Å²) in [5.41, 5.74) is 1.43. The maximum atomic E-state index is 12.0. The lowest BCUT2D eigenvalue weighted by Gasteiger charge is -2.29. The van der Waals surface area contributed by atoms with Gasteiger partial charge in [0.25, 0.3) is 0 Å². The second-order valence-electron chi connectivity index (χ2n) is 4.50. The van der Waals surface area contributed by atoms with Gasteiger partial charge in [-0.1, -0.05) is 11.6 Å². The van der Waals surface area contributed by atoms with Crippen LogP contribution in [0.2, 0.25) is 0 Å². The van der Waals surface area contributed by atoms with Crippen LogP contribution in [-0.2, 0) is 0 Å². The summed E-state index contributed by atoms with van der Waals surface area (Å²) in [6, 6.07) is 5.74. The predicted molar refractivity (Wildman–Crippen MR) is 54.8 cm³/mol. The van der Waals surface area contributed by atoms with Crippen molar-refractivity contribution < 1.29 is 9.53 Å². The Balaban J connectivity index is 2.54. The van der Waals surface area contributed by atoms with Gasteiger partial charge in [-0.15, -0.1) is 0 Å². The van der Waals surface area contributed by atoms with E-state index < -0.39 is 0 Å². The average Bonchev–Trinajstić information content (AvgIpc) is 2.13. The number of carbonyl (C=O) groups excluding carboxylic acids is 1. The first-order valence-electron chi connectivity index (χ1n) is 4.79. The molecule has 0 radical (unpaired) electrons. The van der Waals surface area contributed by atoms with E-state index in [9.17, 15) is 4.79 Å². The Morgan fingerprint density at radius 1 is 1.36 bits per heavy atom. The quantitative estimate of drug-likeness (QED) is 0.628. The molecule has 0 saturated heterocycles. The molecule has 1 aromatic carbocycles. The third-order valence-corrected chi connectivity index (χ3v) is 2.58. The van der Waals surface area contributed by atoms with Gasteiger partial charge in [0.05, 0.1) is 11.0 Å². The Hall–Kier alpha value is -1.31. The fraction of sp³-hybridized carbons (Fsp3) is 0.417. The molecule has 0 N–H and O–H groups in total. The lowest BCUT2D eigenvalue weighted by molar-refractivity contribution is 0.0692. The van der Waals surface area contributed by atoms with Gasteiger partial charge < -0.3 is 4.74 Å². The average molecular weight is 190 g/mol. The maximum Gasteiger partial charge on any atom is 0.175 e. The largest absolute Gasteiger partial charge is 0.492 e. The molecule has 0 spiro atoms. The zero-order valence-electron chi connectivity index (χ0n) is 8.76. The van der Waals surface area contributed by atoms with E-state index in [0.717, 1.165) is 16.9 Å². The SMILES string of the molecule is Cc1ccc2c(c1)C(=O)C(C)(C)CO2. The van der Waals surface area contributed by atoms with Crippen LogP contribution in [0.25, 0.3) is 0 Å². The van der Waals surface area contributed by atoms with Crippen LogP contribution < -0.4 is 4.74 Å². The van der Waals surface area contributed by atoms with Gasteiger partial charge in [-0.25, -0.2) is 0 Å². The fourth-order valence-electron chi connectivity index (χ4n) is 1.64. The van der Waals surface area contributed by atoms with Crippen molar-refractivity contribution in [3.63, 3.8) is 0 Å². The van der Waals surface area contributed by atoms with E-state index >= 15 is 0 Å². The van der Waals surface area contributed by atoms with Crippen LogP contribution in [0.3, 0.4) is 0 Å². The Morgan fingerprint density at radius 3 is 2.79 bits per heavy atom. The molecule has 2 rings (SSSR count). The highest BCUT2D eigenvalue weighted by Gasteiger charge is 2.35. The normalized spacial score (nSPS) is 18.6. The molecule has 0 atom stereocenters. The fourth-order valence-corrected chi connectivity index (χ4v) is 1.64. The van der Waals surface area contributed by atoms with Crippen LogP contribution >= 0.6 is 0 Å². The number of aryl methyl sites for hydroxylation is 1. The summed E-state index contributed by atoms with van der Waals surface area (Å²) < 4.78 is 5.54. The molecule has 0 aliphatic carbocycles. The molecule has 0 unspecified atom stereocenters. The number of hydrogen-bond acceptors (Lipinski definition) is 2. The van der Waals surface area contributed by atoms with Gasteiger partial charge in [-0.3, -0.25) is 4.79 Å². The first-order valence-corrected chi connectivity index (χ1v) is 4.79. The van der Waals surface area contributed by atoms with Crippen molar-refractivity contribution in [2.24, 2.45) is 5.41 Å². The van der Waals surface area contributed by atoms with Crippen LogP contribution in [0.15, 0.2) is 18.2 Å². The predicted octanol–water partition coefficient (Wildman–Crippen LogP) is 2.60. The Morgan fingerprint density at radius 2 is 2.07 bits per heavy atom. The summed E-state index contributed by atoms with van der Waals surface area (Å²) >= 11 is 0. The molecule has 2 heteroatoms. The van der Waals surface area contributed by atoms with Crippen molar-refractivity contribution in [2.45, 2.75) is 20.8 Å². The van der Waals surface area contributed by atoms with Crippen LogP contribution in [0.1, 0.15) is 29.8 Å². The van der Waals surface area contributed by atoms with E-state index in [4.69, 9.17) is 4.74 Å². The van der Waals surface area contributed by atoms with Gasteiger partial charge in [0.1, 0.15) is 12.4 Å². The van der Waals surface area contributed by atoms with E-state index in [1.54, 1.807) is 0 Å². The molecule has 1 aromatic rings. The van der Waals surface area contributed by atoms with Crippen LogP contribution in [0, 0.1) is 12.3 Å². The molecule has 0 aromatic heterocycles. The molecule has 2 nitrogen and oxygen atoms in total. The molecular formula is C12H14O2. The zero-order chi connectivity index (χ0) is 10.3. The topological polar surface area (TPSA) is 26.3 Å². The molecule has 1 aliphatic rings. The van der Waals surface area contributed by atoms with Gasteiger partial charge in [-0.05, 0) is 32.9 Å². The standard InChI is InChI=1S/C12H14O2/c1-8-4-5-10-9(6-8)11(13)12(2,3)7-14-10/h4-6H,7H2,1-3H3. The number of ether oxygens (including phenoxy) is 1. The molecule has 14 heavy (non-hydrogen) atoms.